The molecule has 1 amide bonds. The molecule has 0 saturated heterocycles. The molecule has 0 atom stereocenters. The lowest BCUT2D eigenvalue weighted by atomic mass is 10.2. The highest BCUT2D eigenvalue weighted by molar-refractivity contribution is 5.89. The summed E-state index contributed by atoms with van der Waals surface area (Å²) in [7, 11) is 0. The summed E-state index contributed by atoms with van der Waals surface area (Å²) in [5.41, 5.74) is 0.981. The minimum Gasteiger partial charge on any atom is -0.309 e. The molecule has 0 spiro atoms. The molecule has 1 aromatic carbocycles. The predicted octanol–water partition coefficient (Wildman–Crippen LogP) is 2.51. The number of halogens is 1. The minimum atomic E-state index is -0.510. The Morgan fingerprint density at radius 3 is 2.81 bits per heavy atom. The number of hydrogen-bond donors (Lipinski definition) is 1. The molecule has 0 unspecified atom stereocenters. The van der Waals surface area contributed by atoms with Gasteiger partial charge in [0.15, 0.2) is 5.82 Å². The number of rotatable bonds is 7. The van der Waals surface area contributed by atoms with E-state index in [9.17, 15) is 19.3 Å². The molecule has 10 heteroatoms. The summed E-state index contributed by atoms with van der Waals surface area (Å²) in [5.74, 6) is -0.233. The largest absolute Gasteiger partial charge is 0.309 e. The highest BCUT2D eigenvalue weighted by Gasteiger charge is 2.15. The number of carbonyl (C=O) groups is 1. The maximum atomic E-state index is 13.2. The van der Waals surface area contributed by atoms with E-state index in [0.717, 1.165) is 5.56 Å². The van der Waals surface area contributed by atoms with Crippen LogP contribution < -0.4 is 5.32 Å². The number of benzene rings is 1. The lowest BCUT2D eigenvalue weighted by Gasteiger charge is -2.03. The Balaban J connectivity index is 1.53. The van der Waals surface area contributed by atoms with Crippen molar-refractivity contribution in [2.45, 2.75) is 26.4 Å². The van der Waals surface area contributed by atoms with Crippen LogP contribution in [-0.2, 0) is 17.9 Å². The van der Waals surface area contributed by atoms with Gasteiger partial charge in [0.1, 0.15) is 17.7 Å². The summed E-state index contributed by atoms with van der Waals surface area (Å²) < 4.78 is 16.2. The van der Waals surface area contributed by atoms with E-state index in [1.165, 1.54) is 23.0 Å². The number of carbonyl (C=O) groups excluding carboxylic acids is 1. The number of anilines is 1. The number of hydrogen-bond acceptors (Lipinski definition) is 5. The Kier molecular flexibility index (Phi) is 5.25. The molecule has 1 N–H and O–H groups in total. The smallest absolute Gasteiger partial charge is 0.309 e. The van der Waals surface area contributed by atoms with E-state index in [0.29, 0.717) is 18.1 Å². The second-order valence-electron chi connectivity index (χ2n) is 5.95. The van der Waals surface area contributed by atoms with Gasteiger partial charge in [-0.1, -0.05) is 12.1 Å². The van der Waals surface area contributed by atoms with Crippen LogP contribution in [0.4, 0.5) is 15.9 Å². The molecular weight excluding hydrogens is 355 g/mol. The van der Waals surface area contributed by atoms with Crippen molar-refractivity contribution >= 4 is 17.4 Å². The second kappa shape index (κ2) is 7.77. The van der Waals surface area contributed by atoms with Crippen LogP contribution in [0.3, 0.4) is 0 Å². The molecule has 0 aliphatic heterocycles. The molecule has 27 heavy (non-hydrogen) atoms. The number of amides is 1. The predicted molar refractivity (Wildman–Crippen MR) is 94.6 cm³/mol. The molecular formula is C17H17FN6O3. The van der Waals surface area contributed by atoms with E-state index >= 15 is 0 Å². The average molecular weight is 372 g/mol. The van der Waals surface area contributed by atoms with E-state index in [1.54, 1.807) is 36.0 Å². The van der Waals surface area contributed by atoms with E-state index in [4.69, 9.17) is 0 Å². The van der Waals surface area contributed by atoms with Crippen LogP contribution in [0.25, 0.3) is 0 Å². The van der Waals surface area contributed by atoms with Gasteiger partial charge in [-0.2, -0.15) is 10.2 Å². The molecule has 3 rings (SSSR count). The van der Waals surface area contributed by atoms with E-state index in [2.05, 4.69) is 15.5 Å². The summed E-state index contributed by atoms with van der Waals surface area (Å²) in [6.07, 6.45) is 3.08. The van der Waals surface area contributed by atoms with Crippen molar-refractivity contribution in [1.29, 1.82) is 0 Å². The number of aryl methyl sites for hydroxylation is 2. The summed E-state index contributed by atoms with van der Waals surface area (Å²) in [4.78, 5) is 22.3. The van der Waals surface area contributed by atoms with Crippen LogP contribution in [0, 0.1) is 22.9 Å². The lowest BCUT2D eigenvalue weighted by molar-refractivity contribution is -0.385. The molecule has 140 valence electrons. The van der Waals surface area contributed by atoms with Gasteiger partial charge >= 0.3 is 5.69 Å². The van der Waals surface area contributed by atoms with Crippen molar-refractivity contribution in [2.24, 2.45) is 0 Å². The zero-order valence-electron chi connectivity index (χ0n) is 14.5. The minimum absolute atomic E-state index is 0.0773. The van der Waals surface area contributed by atoms with Crippen molar-refractivity contribution in [1.82, 2.24) is 19.6 Å². The van der Waals surface area contributed by atoms with Crippen LogP contribution >= 0.6 is 0 Å². The quantitative estimate of drug-likeness (QED) is 0.506. The fourth-order valence-corrected chi connectivity index (χ4v) is 2.56. The number of nitrogens with one attached hydrogen (secondary N) is 1. The zero-order chi connectivity index (χ0) is 19.4. The Morgan fingerprint density at radius 1 is 1.30 bits per heavy atom. The van der Waals surface area contributed by atoms with Crippen molar-refractivity contribution in [3.63, 3.8) is 0 Å². The Bertz CT molecular complexity index is 981. The highest BCUT2D eigenvalue weighted by Crippen LogP contribution is 2.15. The number of nitrogens with zero attached hydrogens (tertiary/aromatic N) is 5. The molecule has 0 bridgehead atoms. The summed E-state index contributed by atoms with van der Waals surface area (Å²) in [6.45, 7) is 2.13. The molecule has 2 aromatic heterocycles. The van der Waals surface area contributed by atoms with Gasteiger partial charge in [0, 0.05) is 25.2 Å². The van der Waals surface area contributed by atoms with Crippen molar-refractivity contribution in [2.75, 3.05) is 5.32 Å². The van der Waals surface area contributed by atoms with Crippen LogP contribution in [0.5, 0.6) is 0 Å². The van der Waals surface area contributed by atoms with Crippen LogP contribution in [0.1, 0.15) is 17.7 Å². The van der Waals surface area contributed by atoms with Gasteiger partial charge in [-0.25, -0.2) is 4.39 Å². The fourth-order valence-electron chi connectivity index (χ4n) is 2.56. The molecule has 0 fully saturated rings. The topological polar surface area (TPSA) is 108 Å². The summed E-state index contributed by atoms with van der Waals surface area (Å²) in [6, 6.07) is 7.84. The third-order valence-electron chi connectivity index (χ3n) is 3.83. The zero-order valence-corrected chi connectivity index (χ0v) is 14.5. The van der Waals surface area contributed by atoms with Gasteiger partial charge in [0.25, 0.3) is 0 Å². The normalized spacial score (nSPS) is 10.7. The Hall–Kier alpha value is -3.56. The first-order valence-electron chi connectivity index (χ1n) is 8.17. The van der Waals surface area contributed by atoms with Gasteiger partial charge in [-0.05, 0) is 24.6 Å². The second-order valence-corrected chi connectivity index (χ2v) is 5.95. The highest BCUT2D eigenvalue weighted by atomic mass is 19.1. The van der Waals surface area contributed by atoms with Gasteiger partial charge in [0.2, 0.25) is 5.91 Å². The molecule has 0 aliphatic carbocycles. The monoisotopic (exact) mass is 372 g/mol. The van der Waals surface area contributed by atoms with Gasteiger partial charge in [-0.3, -0.25) is 24.3 Å². The van der Waals surface area contributed by atoms with Crippen molar-refractivity contribution in [3.8, 4) is 0 Å². The van der Waals surface area contributed by atoms with Gasteiger partial charge < -0.3 is 5.32 Å². The maximum Gasteiger partial charge on any atom is 0.309 e. The maximum absolute atomic E-state index is 13.2. The van der Waals surface area contributed by atoms with Crippen LogP contribution in [0.15, 0.2) is 42.7 Å². The van der Waals surface area contributed by atoms with E-state index in [-0.39, 0.29) is 30.4 Å². The average Bonchev–Trinajstić information content (AvgIpc) is 3.19. The molecule has 2 heterocycles. The molecule has 0 radical (unpaired) electrons. The van der Waals surface area contributed by atoms with Crippen molar-refractivity contribution < 1.29 is 14.1 Å². The van der Waals surface area contributed by atoms with E-state index in [1.807, 2.05) is 0 Å². The summed E-state index contributed by atoms with van der Waals surface area (Å²) in [5, 5.41) is 21.7. The third-order valence-corrected chi connectivity index (χ3v) is 3.83. The first-order valence-corrected chi connectivity index (χ1v) is 8.17. The van der Waals surface area contributed by atoms with Crippen LogP contribution in [-0.4, -0.2) is 30.4 Å². The first-order chi connectivity index (χ1) is 12.9. The van der Waals surface area contributed by atoms with Gasteiger partial charge in [-0.15, -0.1) is 0 Å². The number of aromatic nitrogens is 4. The van der Waals surface area contributed by atoms with Crippen LogP contribution in [0.2, 0.25) is 0 Å². The standard InChI is InChI=1S/C17H17FN6O3/c1-12-15(24(26)27)11-23(20-12)8-6-17(25)19-16-5-7-22(21-16)10-13-3-2-4-14(18)9-13/h2-5,7,9,11H,6,8,10H2,1H3,(H,19,21,25). The number of nitro groups is 1. The molecule has 0 aliphatic rings. The Morgan fingerprint density at radius 2 is 2.11 bits per heavy atom. The van der Waals surface area contributed by atoms with E-state index < -0.39 is 4.92 Å². The van der Waals surface area contributed by atoms with Gasteiger partial charge in [0.05, 0.1) is 11.5 Å². The fraction of sp³-hybridized carbons (Fsp3) is 0.235. The Labute approximate surface area is 153 Å². The third kappa shape index (κ3) is 4.75. The first kappa shape index (κ1) is 18.2. The molecule has 9 nitrogen and oxygen atoms in total. The van der Waals surface area contributed by atoms with Crippen molar-refractivity contribution in [3.05, 3.63) is 69.9 Å². The SMILES string of the molecule is Cc1nn(CCC(=O)Nc2ccn(Cc3cccc(F)c3)n2)cc1[N+](=O)[O-]. The summed E-state index contributed by atoms with van der Waals surface area (Å²) >= 11 is 0. The molecule has 3 aromatic rings. The molecule has 0 saturated carbocycles. The lowest BCUT2D eigenvalue weighted by Crippen LogP contribution is -2.15.